The van der Waals surface area contributed by atoms with Crippen molar-refractivity contribution in [3.05, 3.63) is 94.7 Å². The first-order valence-corrected chi connectivity index (χ1v) is 9.70. The van der Waals surface area contributed by atoms with Crippen LogP contribution in [0.4, 0.5) is 23.2 Å². The van der Waals surface area contributed by atoms with Gasteiger partial charge in [0, 0.05) is 29.0 Å². The van der Waals surface area contributed by atoms with E-state index in [1.807, 2.05) is 0 Å². The van der Waals surface area contributed by atoms with Crippen LogP contribution >= 0.6 is 11.3 Å². The summed E-state index contributed by atoms with van der Waals surface area (Å²) in [6.45, 7) is 0. The molecule has 0 saturated heterocycles. The number of hydrogen-bond donors (Lipinski definition) is 1. The first-order chi connectivity index (χ1) is 14.3. The van der Waals surface area contributed by atoms with Crippen LogP contribution in [0.3, 0.4) is 0 Å². The van der Waals surface area contributed by atoms with E-state index < -0.39 is 17.6 Å². The van der Waals surface area contributed by atoms with Gasteiger partial charge in [0.1, 0.15) is 10.7 Å². The molecule has 30 heavy (non-hydrogen) atoms. The number of halogens is 4. The van der Waals surface area contributed by atoms with E-state index in [2.05, 4.69) is 5.32 Å². The molecular weight excluding hydrogens is 416 g/mol. The van der Waals surface area contributed by atoms with Crippen molar-refractivity contribution in [2.24, 2.45) is 0 Å². The zero-order chi connectivity index (χ0) is 21.3. The molecule has 0 aliphatic carbocycles. The molecule has 0 saturated carbocycles. The van der Waals surface area contributed by atoms with E-state index in [0.29, 0.717) is 16.1 Å². The largest absolute Gasteiger partial charge is 0.416 e. The molecule has 4 rings (SSSR count). The Labute approximate surface area is 173 Å². The van der Waals surface area contributed by atoms with Gasteiger partial charge >= 0.3 is 6.18 Å². The van der Waals surface area contributed by atoms with Gasteiger partial charge in [0.25, 0.3) is 5.91 Å². The summed E-state index contributed by atoms with van der Waals surface area (Å²) in [7, 11) is 0. The summed E-state index contributed by atoms with van der Waals surface area (Å²) in [6, 6.07) is 13.9. The third kappa shape index (κ3) is 3.99. The third-order valence-corrected chi connectivity index (χ3v) is 5.40. The Morgan fingerprint density at radius 3 is 2.33 bits per heavy atom. The van der Waals surface area contributed by atoms with Crippen LogP contribution in [0.2, 0.25) is 0 Å². The standard InChI is InChI=1S/C22H14F4N2OS/c23-16-8-6-14(7-9-16)18-13-30-20(19(18)28-10-1-2-11-28)21(29)27-17-5-3-4-15(12-17)22(24,25)26/h1-13H,(H,27,29). The fraction of sp³-hybridized carbons (Fsp3) is 0.0455. The quantitative estimate of drug-likeness (QED) is 0.363. The molecule has 8 heteroatoms. The smallest absolute Gasteiger partial charge is 0.322 e. The van der Waals surface area contributed by atoms with E-state index >= 15 is 0 Å². The van der Waals surface area contributed by atoms with Crippen molar-refractivity contribution < 1.29 is 22.4 Å². The molecular formula is C22H14F4N2OS. The zero-order valence-electron chi connectivity index (χ0n) is 15.3. The van der Waals surface area contributed by atoms with Gasteiger partial charge in [-0.25, -0.2) is 4.39 Å². The summed E-state index contributed by atoms with van der Waals surface area (Å²) in [5.74, 6) is -0.907. The molecule has 0 bridgehead atoms. The van der Waals surface area contributed by atoms with Gasteiger partial charge in [-0.15, -0.1) is 11.3 Å². The highest BCUT2D eigenvalue weighted by Crippen LogP contribution is 2.36. The van der Waals surface area contributed by atoms with Crippen LogP contribution < -0.4 is 5.32 Å². The Morgan fingerprint density at radius 1 is 0.967 bits per heavy atom. The number of carbonyl (C=O) groups excluding carboxylic acids is 1. The van der Waals surface area contributed by atoms with Crippen LogP contribution in [0.15, 0.2) is 78.4 Å². The number of thiophene rings is 1. The van der Waals surface area contributed by atoms with E-state index in [-0.39, 0.29) is 11.5 Å². The number of alkyl halides is 3. The number of anilines is 1. The number of rotatable bonds is 4. The van der Waals surface area contributed by atoms with Gasteiger partial charge in [-0.05, 0) is 48.0 Å². The van der Waals surface area contributed by atoms with E-state index in [1.54, 1.807) is 46.6 Å². The summed E-state index contributed by atoms with van der Waals surface area (Å²) in [4.78, 5) is 13.3. The van der Waals surface area contributed by atoms with Gasteiger partial charge in [-0.2, -0.15) is 13.2 Å². The molecule has 3 nitrogen and oxygen atoms in total. The van der Waals surface area contributed by atoms with Crippen LogP contribution in [0, 0.1) is 5.82 Å². The Morgan fingerprint density at radius 2 is 1.67 bits per heavy atom. The Kier molecular flexibility index (Phi) is 5.17. The first-order valence-electron chi connectivity index (χ1n) is 8.82. The van der Waals surface area contributed by atoms with Crippen molar-refractivity contribution >= 4 is 22.9 Å². The first kappa shape index (κ1) is 19.9. The number of carbonyl (C=O) groups is 1. The predicted octanol–water partition coefficient (Wildman–Crippen LogP) is 6.62. The van der Waals surface area contributed by atoms with Crippen molar-refractivity contribution in [3.8, 4) is 16.8 Å². The van der Waals surface area contributed by atoms with Gasteiger partial charge in [0.15, 0.2) is 0 Å². The highest BCUT2D eigenvalue weighted by atomic mass is 32.1. The van der Waals surface area contributed by atoms with Gasteiger partial charge in [-0.1, -0.05) is 18.2 Å². The minimum absolute atomic E-state index is 0.0463. The second kappa shape index (κ2) is 7.79. The van der Waals surface area contributed by atoms with Crippen LogP contribution in [0.5, 0.6) is 0 Å². The van der Waals surface area contributed by atoms with Crippen LogP contribution in [0.1, 0.15) is 15.2 Å². The lowest BCUT2D eigenvalue weighted by Gasteiger charge is -2.12. The Bertz CT molecular complexity index is 1180. The van der Waals surface area contributed by atoms with Gasteiger partial charge in [0.2, 0.25) is 0 Å². The summed E-state index contributed by atoms with van der Waals surface area (Å²) in [6.07, 6.45) is -0.984. The maximum Gasteiger partial charge on any atom is 0.416 e. The van der Waals surface area contributed by atoms with Crippen molar-refractivity contribution in [1.29, 1.82) is 0 Å². The second-order valence-corrected chi connectivity index (χ2v) is 7.34. The zero-order valence-corrected chi connectivity index (χ0v) is 16.1. The third-order valence-electron chi connectivity index (χ3n) is 4.44. The molecule has 152 valence electrons. The normalized spacial score (nSPS) is 11.5. The fourth-order valence-electron chi connectivity index (χ4n) is 3.05. The molecule has 0 fully saturated rings. The summed E-state index contributed by atoms with van der Waals surface area (Å²) in [5.41, 5.74) is 1.20. The molecule has 2 aromatic heterocycles. The SMILES string of the molecule is O=C(Nc1cccc(C(F)(F)F)c1)c1scc(-c2ccc(F)cc2)c1-n1cccc1. The van der Waals surface area contributed by atoms with Crippen molar-refractivity contribution in [3.63, 3.8) is 0 Å². The molecule has 2 heterocycles. The highest BCUT2D eigenvalue weighted by Gasteiger charge is 2.30. The summed E-state index contributed by atoms with van der Waals surface area (Å²) < 4.78 is 53.9. The summed E-state index contributed by atoms with van der Waals surface area (Å²) >= 11 is 1.16. The molecule has 0 aliphatic rings. The van der Waals surface area contributed by atoms with E-state index in [1.165, 1.54) is 24.3 Å². The van der Waals surface area contributed by atoms with Crippen molar-refractivity contribution in [1.82, 2.24) is 4.57 Å². The fourth-order valence-corrected chi connectivity index (χ4v) is 4.02. The number of hydrogen-bond acceptors (Lipinski definition) is 2. The lowest BCUT2D eigenvalue weighted by atomic mass is 10.1. The van der Waals surface area contributed by atoms with Crippen LogP contribution in [-0.2, 0) is 6.18 Å². The van der Waals surface area contributed by atoms with E-state index in [9.17, 15) is 22.4 Å². The van der Waals surface area contributed by atoms with Crippen molar-refractivity contribution in [2.75, 3.05) is 5.32 Å². The van der Waals surface area contributed by atoms with Gasteiger partial charge < -0.3 is 9.88 Å². The highest BCUT2D eigenvalue weighted by molar-refractivity contribution is 7.13. The molecule has 0 spiro atoms. The van der Waals surface area contributed by atoms with Gasteiger partial charge in [-0.3, -0.25) is 4.79 Å². The molecule has 2 aromatic carbocycles. The average molecular weight is 430 g/mol. The number of amides is 1. The molecule has 1 N–H and O–H groups in total. The second-order valence-electron chi connectivity index (χ2n) is 6.46. The summed E-state index contributed by atoms with van der Waals surface area (Å²) in [5, 5.41) is 4.31. The monoisotopic (exact) mass is 430 g/mol. The molecule has 4 aromatic rings. The lowest BCUT2D eigenvalue weighted by Crippen LogP contribution is -2.14. The minimum atomic E-state index is -4.50. The van der Waals surface area contributed by atoms with E-state index in [0.717, 1.165) is 29.0 Å². The Hall–Kier alpha value is -3.39. The van der Waals surface area contributed by atoms with Crippen LogP contribution in [-0.4, -0.2) is 10.5 Å². The van der Waals surface area contributed by atoms with Crippen molar-refractivity contribution in [2.45, 2.75) is 6.18 Å². The van der Waals surface area contributed by atoms with E-state index in [4.69, 9.17) is 0 Å². The predicted molar refractivity (Wildman–Crippen MR) is 108 cm³/mol. The molecule has 0 aliphatic heterocycles. The molecule has 0 radical (unpaired) electrons. The topological polar surface area (TPSA) is 34.0 Å². The lowest BCUT2D eigenvalue weighted by molar-refractivity contribution is -0.137. The molecule has 0 atom stereocenters. The van der Waals surface area contributed by atoms with Crippen LogP contribution in [0.25, 0.3) is 16.8 Å². The van der Waals surface area contributed by atoms with Gasteiger partial charge in [0.05, 0.1) is 11.3 Å². The molecule has 0 unspecified atom stereocenters. The number of aromatic nitrogens is 1. The number of nitrogens with zero attached hydrogens (tertiary/aromatic N) is 1. The molecule has 1 amide bonds. The maximum absolute atomic E-state index is 13.3. The Balaban J connectivity index is 1.72. The number of nitrogens with one attached hydrogen (secondary N) is 1. The average Bonchev–Trinajstić information content (AvgIpc) is 3.37. The number of benzene rings is 2. The maximum atomic E-state index is 13.3. The minimum Gasteiger partial charge on any atom is -0.322 e.